The molecule has 2 heterocycles. The number of primary amides is 1. The van der Waals surface area contributed by atoms with Crippen LogP contribution in [0.4, 0.5) is 0 Å². The number of amides is 1. The van der Waals surface area contributed by atoms with Crippen molar-refractivity contribution in [1.82, 2.24) is 14.8 Å². The summed E-state index contributed by atoms with van der Waals surface area (Å²) >= 11 is 0. The van der Waals surface area contributed by atoms with Crippen LogP contribution in [0.2, 0.25) is 0 Å². The zero-order chi connectivity index (χ0) is 14.9. The average molecular weight is 272 g/mol. The number of nitrogens with two attached hydrogens (primary N) is 1. The summed E-state index contributed by atoms with van der Waals surface area (Å²) in [6, 6.07) is 3.93. The van der Waals surface area contributed by atoms with E-state index in [-0.39, 0.29) is 0 Å². The molecule has 5 heteroatoms. The highest BCUT2D eigenvalue weighted by atomic mass is 16.1. The van der Waals surface area contributed by atoms with Crippen molar-refractivity contribution < 1.29 is 4.79 Å². The molecule has 2 rings (SSSR count). The number of hydrogen-bond donors (Lipinski definition) is 1. The Morgan fingerprint density at radius 2 is 1.95 bits per heavy atom. The molecule has 0 unspecified atom stereocenters. The number of aryl methyl sites for hydroxylation is 4. The van der Waals surface area contributed by atoms with Crippen LogP contribution in [0.5, 0.6) is 0 Å². The zero-order valence-electron chi connectivity index (χ0n) is 12.4. The zero-order valence-corrected chi connectivity index (χ0v) is 12.4. The highest BCUT2D eigenvalue weighted by Gasteiger charge is 2.18. The number of pyridine rings is 1. The second-order valence-electron chi connectivity index (χ2n) is 4.85. The minimum absolute atomic E-state index is 0.441. The van der Waals surface area contributed by atoms with Crippen LogP contribution in [0.15, 0.2) is 12.1 Å². The lowest BCUT2D eigenvalue weighted by molar-refractivity contribution is 0.0999. The van der Waals surface area contributed by atoms with Gasteiger partial charge < -0.3 is 5.73 Å². The first-order valence-corrected chi connectivity index (χ1v) is 6.84. The maximum atomic E-state index is 11.7. The summed E-state index contributed by atoms with van der Waals surface area (Å²) in [4.78, 5) is 16.1. The molecule has 106 valence electrons. The van der Waals surface area contributed by atoms with Crippen molar-refractivity contribution in [3.05, 3.63) is 40.5 Å². The molecular formula is C15H20N4O. The van der Waals surface area contributed by atoms with Gasteiger partial charge in [-0.2, -0.15) is 5.10 Å². The summed E-state index contributed by atoms with van der Waals surface area (Å²) in [5.74, 6) is -0.472. The van der Waals surface area contributed by atoms with E-state index in [0.717, 1.165) is 35.6 Å². The van der Waals surface area contributed by atoms with Gasteiger partial charge in [-0.15, -0.1) is 0 Å². The summed E-state index contributed by atoms with van der Waals surface area (Å²) in [6.45, 7) is 7.82. The lowest BCUT2D eigenvalue weighted by Crippen LogP contribution is -2.19. The molecule has 1 amide bonds. The fraction of sp³-hybridized carbons (Fsp3) is 0.400. The molecule has 2 aromatic rings. The van der Waals surface area contributed by atoms with Crippen LogP contribution in [0.25, 0.3) is 5.69 Å². The predicted molar refractivity (Wildman–Crippen MR) is 78.1 cm³/mol. The van der Waals surface area contributed by atoms with E-state index in [1.54, 1.807) is 6.92 Å². The van der Waals surface area contributed by atoms with Crippen LogP contribution in [-0.2, 0) is 12.8 Å². The number of nitrogens with zero attached hydrogens (tertiary/aromatic N) is 3. The molecule has 0 radical (unpaired) electrons. The van der Waals surface area contributed by atoms with Gasteiger partial charge in [-0.05, 0) is 38.8 Å². The number of carbonyl (C=O) groups is 1. The van der Waals surface area contributed by atoms with Crippen LogP contribution in [0.3, 0.4) is 0 Å². The Bertz CT molecular complexity index is 658. The minimum atomic E-state index is -0.472. The van der Waals surface area contributed by atoms with E-state index in [0.29, 0.717) is 11.3 Å². The van der Waals surface area contributed by atoms with Crippen molar-refractivity contribution >= 4 is 5.91 Å². The van der Waals surface area contributed by atoms with Gasteiger partial charge in [-0.25, -0.2) is 4.68 Å². The second-order valence-corrected chi connectivity index (χ2v) is 4.85. The number of hydrogen-bond acceptors (Lipinski definition) is 3. The Kier molecular flexibility index (Phi) is 3.88. The van der Waals surface area contributed by atoms with E-state index in [9.17, 15) is 4.79 Å². The fourth-order valence-corrected chi connectivity index (χ4v) is 2.39. The molecule has 0 aromatic carbocycles. The third-order valence-corrected chi connectivity index (χ3v) is 3.34. The summed E-state index contributed by atoms with van der Waals surface area (Å²) in [5, 5.41) is 4.58. The smallest absolute Gasteiger partial charge is 0.252 e. The van der Waals surface area contributed by atoms with E-state index in [4.69, 9.17) is 5.73 Å². The normalized spacial score (nSPS) is 10.8. The first kappa shape index (κ1) is 14.2. The van der Waals surface area contributed by atoms with Crippen LogP contribution >= 0.6 is 0 Å². The van der Waals surface area contributed by atoms with Gasteiger partial charge in [0.25, 0.3) is 5.91 Å². The van der Waals surface area contributed by atoms with Gasteiger partial charge in [-0.3, -0.25) is 9.78 Å². The largest absolute Gasteiger partial charge is 0.365 e. The van der Waals surface area contributed by atoms with Crippen LogP contribution in [-0.4, -0.2) is 20.7 Å². The van der Waals surface area contributed by atoms with Crippen LogP contribution in [0, 0.1) is 13.8 Å². The Balaban J connectivity index is 2.74. The van der Waals surface area contributed by atoms with Gasteiger partial charge in [0.1, 0.15) is 0 Å². The molecule has 0 aliphatic rings. The Morgan fingerprint density at radius 1 is 1.25 bits per heavy atom. The molecule has 0 bridgehead atoms. The maximum Gasteiger partial charge on any atom is 0.252 e. The van der Waals surface area contributed by atoms with Gasteiger partial charge >= 0.3 is 0 Å². The van der Waals surface area contributed by atoms with E-state index in [1.165, 1.54) is 0 Å². The predicted octanol–water partition coefficient (Wildman–Crippen LogP) is 2.11. The van der Waals surface area contributed by atoms with Crippen molar-refractivity contribution in [2.45, 2.75) is 40.5 Å². The Morgan fingerprint density at radius 3 is 2.50 bits per heavy atom. The molecule has 2 N–H and O–H groups in total. The molecular weight excluding hydrogens is 252 g/mol. The van der Waals surface area contributed by atoms with Gasteiger partial charge in [0.2, 0.25) is 0 Å². The molecule has 0 fully saturated rings. The van der Waals surface area contributed by atoms with Crippen molar-refractivity contribution in [2.75, 3.05) is 0 Å². The summed E-state index contributed by atoms with van der Waals surface area (Å²) in [7, 11) is 0. The topological polar surface area (TPSA) is 73.8 Å². The first-order chi connectivity index (χ1) is 9.47. The second kappa shape index (κ2) is 5.45. The average Bonchev–Trinajstić information content (AvgIpc) is 2.80. The lowest BCUT2D eigenvalue weighted by Gasteiger charge is -2.13. The van der Waals surface area contributed by atoms with Crippen molar-refractivity contribution in [2.24, 2.45) is 5.73 Å². The number of carbonyl (C=O) groups excluding carboxylic acids is 1. The SMILES string of the molecule is CCc1cc(CC)n(-c2cc(C)nc(C)c2C(N)=O)n1. The molecule has 0 saturated heterocycles. The van der Waals surface area contributed by atoms with Crippen molar-refractivity contribution in [1.29, 1.82) is 0 Å². The molecule has 0 aliphatic heterocycles. The third kappa shape index (κ3) is 2.43. The van der Waals surface area contributed by atoms with E-state index in [2.05, 4.69) is 30.0 Å². The molecule has 5 nitrogen and oxygen atoms in total. The number of aromatic nitrogens is 3. The van der Waals surface area contributed by atoms with E-state index < -0.39 is 5.91 Å². The minimum Gasteiger partial charge on any atom is -0.365 e. The Labute approximate surface area is 118 Å². The van der Waals surface area contributed by atoms with Crippen LogP contribution in [0.1, 0.15) is 47.0 Å². The number of rotatable bonds is 4. The maximum absolute atomic E-state index is 11.7. The van der Waals surface area contributed by atoms with Crippen molar-refractivity contribution in [3.63, 3.8) is 0 Å². The van der Waals surface area contributed by atoms with Crippen molar-refractivity contribution in [3.8, 4) is 5.69 Å². The summed E-state index contributed by atoms with van der Waals surface area (Å²) < 4.78 is 1.82. The molecule has 0 aliphatic carbocycles. The summed E-state index contributed by atoms with van der Waals surface area (Å²) in [6.07, 6.45) is 1.70. The monoisotopic (exact) mass is 272 g/mol. The highest BCUT2D eigenvalue weighted by molar-refractivity contribution is 5.97. The molecule has 0 spiro atoms. The lowest BCUT2D eigenvalue weighted by atomic mass is 10.1. The summed E-state index contributed by atoms with van der Waals surface area (Å²) in [5.41, 5.74) is 10.2. The van der Waals surface area contributed by atoms with Gasteiger partial charge in [0.15, 0.2) is 0 Å². The third-order valence-electron chi connectivity index (χ3n) is 3.34. The fourth-order valence-electron chi connectivity index (χ4n) is 2.39. The van der Waals surface area contributed by atoms with Gasteiger partial charge in [-0.1, -0.05) is 13.8 Å². The van der Waals surface area contributed by atoms with Gasteiger partial charge in [0.05, 0.1) is 22.6 Å². The van der Waals surface area contributed by atoms with Crippen LogP contribution < -0.4 is 5.73 Å². The molecule has 2 aromatic heterocycles. The van der Waals surface area contributed by atoms with E-state index in [1.807, 2.05) is 17.7 Å². The molecule has 0 atom stereocenters. The molecule has 20 heavy (non-hydrogen) atoms. The van der Waals surface area contributed by atoms with E-state index >= 15 is 0 Å². The highest BCUT2D eigenvalue weighted by Crippen LogP contribution is 2.21. The Hall–Kier alpha value is -2.17. The van der Waals surface area contributed by atoms with Gasteiger partial charge in [0, 0.05) is 11.4 Å². The first-order valence-electron chi connectivity index (χ1n) is 6.84. The molecule has 0 saturated carbocycles. The standard InChI is InChI=1S/C15H20N4O/c1-5-11-8-12(6-2)19(18-11)13-7-9(3)17-10(4)14(13)15(16)20/h7-8H,5-6H2,1-4H3,(H2,16,20). The quantitative estimate of drug-likeness (QED) is 0.926.